The van der Waals surface area contributed by atoms with Gasteiger partial charge in [-0.1, -0.05) is 36.4 Å². The minimum Gasteiger partial charge on any atom is -0.445 e. The molecule has 1 aliphatic rings. The van der Waals surface area contributed by atoms with Gasteiger partial charge in [-0.25, -0.2) is 18.2 Å². The molecule has 1 aromatic heterocycles. The van der Waals surface area contributed by atoms with Gasteiger partial charge in [-0.2, -0.15) is 14.0 Å². The maximum absolute atomic E-state index is 15.4. The molecule has 176 valence electrons. The van der Waals surface area contributed by atoms with Crippen molar-refractivity contribution in [2.24, 2.45) is 5.92 Å². The molecule has 3 rings (SSSR count). The van der Waals surface area contributed by atoms with Crippen LogP contribution in [0.2, 0.25) is 0 Å². The summed E-state index contributed by atoms with van der Waals surface area (Å²) in [6.07, 6.45) is -0.674. The Kier molecular flexibility index (Phi) is 7.29. The van der Waals surface area contributed by atoms with E-state index in [1.54, 1.807) is 30.3 Å². The van der Waals surface area contributed by atoms with E-state index in [9.17, 15) is 18.3 Å². The number of piperidine rings is 1. The topological polar surface area (TPSA) is 121 Å². The normalized spacial score (nSPS) is 18.7. The van der Waals surface area contributed by atoms with Gasteiger partial charge in [0.2, 0.25) is 0 Å². The molecule has 2 unspecified atom stereocenters. The second-order valence-electron chi connectivity index (χ2n) is 7.77. The van der Waals surface area contributed by atoms with Crippen LogP contribution in [0.4, 0.5) is 13.6 Å². The smallest absolute Gasteiger partial charge is 0.410 e. The van der Waals surface area contributed by atoms with Gasteiger partial charge in [-0.3, -0.25) is 0 Å². The Balaban J connectivity index is 1.83. The molecule has 1 aliphatic heterocycles. The Bertz CT molecular complexity index is 1110. The Morgan fingerprint density at radius 3 is 2.58 bits per heavy atom. The molecule has 1 saturated heterocycles. The molecular formula is C22H23F2N3O5S. The molecule has 33 heavy (non-hydrogen) atoms. The molecule has 1 fully saturated rings. The van der Waals surface area contributed by atoms with Gasteiger partial charge in [0.25, 0.3) is 9.84 Å². The summed E-state index contributed by atoms with van der Waals surface area (Å²) in [5.41, 5.74) is -2.51. The number of halogens is 2. The van der Waals surface area contributed by atoms with E-state index in [2.05, 4.69) is 4.98 Å². The first-order valence-corrected chi connectivity index (χ1v) is 11.7. The van der Waals surface area contributed by atoms with E-state index in [-0.39, 0.29) is 32.5 Å². The number of likely N-dealkylation sites (tertiary alicyclic amines) is 1. The highest BCUT2D eigenvalue weighted by atomic mass is 32.2. The third kappa shape index (κ3) is 4.82. The lowest BCUT2D eigenvalue weighted by Crippen LogP contribution is -2.61. The second-order valence-corrected chi connectivity index (χ2v) is 9.71. The van der Waals surface area contributed by atoms with Crippen LogP contribution in [0.3, 0.4) is 0 Å². The number of nitrogens with zero attached hydrogens (tertiary/aromatic N) is 3. The molecule has 2 aromatic rings. The molecule has 8 nitrogen and oxygen atoms in total. The lowest BCUT2D eigenvalue weighted by molar-refractivity contribution is -0.165. The van der Waals surface area contributed by atoms with Crippen LogP contribution in [0.5, 0.6) is 0 Å². The molecule has 1 aromatic carbocycles. The third-order valence-electron chi connectivity index (χ3n) is 5.66. The van der Waals surface area contributed by atoms with E-state index in [0.29, 0.717) is 0 Å². The van der Waals surface area contributed by atoms with E-state index in [1.807, 2.05) is 0 Å². The van der Waals surface area contributed by atoms with Crippen LogP contribution in [-0.2, 0) is 21.2 Å². The maximum Gasteiger partial charge on any atom is 0.410 e. The Morgan fingerprint density at radius 2 is 1.94 bits per heavy atom. The molecule has 2 heterocycles. The fourth-order valence-electron chi connectivity index (χ4n) is 3.82. The van der Waals surface area contributed by atoms with Crippen molar-refractivity contribution in [3.63, 3.8) is 0 Å². The van der Waals surface area contributed by atoms with Gasteiger partial charge in [0, 0.05) is 25.2 Å². The van der Waals surface area contributed by atoms with Gasteiger partial charge in [-0.05, 0) is 30.5 Å². The summed E-state index contributed by atoms with van der Waals surface area (Å²) in [4.78, 5) is 17.1. The zero-order chi connectivity index (χ0) is 24.1. The molecule has 2 atom stereocenters. The number of hydrogen-bond donors (Lipinski definition) is 1. The number of alkyl halides is 2. The summed E-state index contributed by atoms with van der Waals surface area (Å²) in [7, 11) is -5.43. The van der Waals surface area contributed by atoms with Gasteiger partial charge in [0.1, 0.15) is 6.61 Å². The van der Waals surface area contributed by atoms with Crippen molar-refractivity contribution in [2.45, 2.75) is 41.8 Å². The number of ether oxygens (including phenoxy) is 1. The average Bonchev–Trinajstić information content (AvgIpc) is 2.83. The number of carbonyl (C=O) groups is 1. The molecule has 11 heteroatoms. The quantitative estimate of drug-likeness (QED) is 0.648. The number of benzene rings is 1. The zero-order valence-electron chi connectivity index (χ0n) is 17.6. The van der Waals surface area contributed by atoms with Crippen molar-refractivity contribution in [3.05, 3.63) is 60.3 Å². The predicted molar refractivity (Wildman–Crippen MR) is 112 cm³/mol. The van der Waals surface area contributed by atoms with Crippen molar-refractivity contribution >= 4 is 15.9 Å². The van der Waals surface area contributed by atoms with Crippen molar-refractivity contribution in [1.29, 1.82) is 5.26 Å². The van der Waals surface area contributed by atoms with Crippen LogP contribution in [0.15, 0.2) is 59.8 Å². The SMILES string of the molecule is N#CCC(O)(C1CCCN(C(=O)OCc2ccccc2)C1)C(F)(F)S(=O)(=O)c1ccccn1. The zero-order valence-corrected chi connectivity index (χ0v) is 18.4. The molecule has 0 aliphatic carbocycles. The van der Waals surface area contributed by atoms with Crippen molar-refractivity contribution in [2.75, 3.05) is 13.1 Å². The molecule has 1 amide bonds. The number of carbonyl (C=O) groups excluding carboxylic acids is 1. The van der Waals surface area contributed by atoms with Crippen molar-refractivity contribution in [3.8, 4) is 6.07 Å². The summed E-state index contributed by atoms with van der Waals surface area (Å²) in [5.74, 6) is -1.39. The van der Waals surface area contributed by atoms with E-state index >= 15 is 8.78 Å². The number of nitriles is 1. The van der Waals surface area contributed by atoms with Crippen LogP contribution in [0, 0.1) is 17.2 Å². The first-order valence-electron chi connectivity index (χ1n) is 10.2. The maximum atomic E-state index is 15.4. The molecular weight excluding hydrogens is 456 g/mol. The number of rotatable bonds is 7. The largest absolute Gasteiger partial charge is 0.445 e. The number of aliphatic hydroxyl groups is 1. The number of aromatic nitrogens is 1. The predicted octanol–water partition coefficient (Wildman–Crippen LogP) is 3.14. The number of sulfone groups is 1. The summed E-state index contributed by atoms with van der Waals surface area (Å²) in [5, 5.41) is 14.5. The summed E-state index contributed by atoms with van der Waals surface area (Å²) in [6.45, 7) is -0.238. The lowest BCUT2D eigenvalue weighted by Gasteiger charge is -2.43. The molecule has 0 saturated carbocycles. The van der Waals surface area contributed by atoms with Crippen molar-refractivity contribution < 1.29 is 31.8 Å². The van der Waals surface area contributed by atoms with Gasteiger partial charge in [-0.15, -0.1) is 0 Å². The van der Waals surface area contributed by atoms with Crippen LogP contribution < -0.4 is 0 Å². The van der Waals surface area contributed by atoms with Crippen LogP contribution in [-0.4, -0.2) is 53.4 Å². The lowest BCUT2D eigenvalue weighted by atomic mass is 9.79. The van der Waals surface area contributed by atoms with Crippen LogP contribution in [0.25, 0.3) is 0 Å². The Morgan fingerprint density at radius 1 is 1.24 bits per heavy atom. The van der Waals surface area contributed by atoms with Gasteiger partial charge < -0.3 is 14.7 Å². The highest BCUT2D eigenvalue weighted by Gasteiger charge is 2.66. The van der Waals surface area contributed by atoms with E-state index in [4.69, 9.17) is 10.00 Å². The van der Waals surface area contributed by atoms with Crippen molar-refractivity contribution in [1.82, 2.24) is 9.88 Å². The van der Waals surface area contributed by atoms with Gasteiger partial charge in [0.15, 0.2) is 10.6 Å². The Hall–Kier alpha value is -3.10. The standard InChI is InChI=1S/C22H23F2N3O5S/c23-22(24,33(30,31)19-10-4-5-13-26-19)21(29,11-12-25)18-9-6-14-27(15-18)20(28)32-16-17-7-2-1-3-8-17/h1-5,7-8,10,13,18,29H,6,9,11,14-16H2. The average molecular weight is 480 g/mol. The Labute approximate surface area is 190 Å². The fraction of sp³-hybridized carbons (Fsp3) is 0.409. The van der Waals surface area contributed by atoms with Crippen LogP contribution in [0.1, 0.15) is 24.8 Å². The van der Waals surface area contributed by atoms with E-state index < -0.39 is 44.2 Å². The minimum atomic E-state index is -5.43. The van der Waals surface area contributed by atoms with Gasteiger partial charge in [0.05, 0.1) is 12.5 Å². The summed E-state index contributed by atoms with van der Waals surface area (Å²) >= 11 is 0. The second kappa shape index (κ2) is 9.80. The monoisotopic (exact) mass is 479 g/mol. The minimum absolute atomic E-state index is 0.00598. The molecule has 0 bridgehead atoms. The number of amides is 1. The highest BCUT2D eigenvalue weighted by molar-refractivity contribution is 7.92. The third-order valence-corrected chi connectivity index (χ3v) is 7.48. The number of pyridine rings is 1. The summed E-state index contributed by atoms with van der Waals surface area (Å²) < 4.78 is 61.5. The van der Waals surface area contributed by atoms with E-state index in [1.165, 1.54) is 18.2 Å². The molecule has 0 radical (unpaired) electrons. The summed E-state index contributed by atoms with van der Waals surface area (Å²) in [6, 6.07) is 13.8. The first-order chi connectivity index (χ1) is 15.6. The van der Waals surface area contributed by atoms with Gasteiger partial charge >= 0.3 is 11.3 Å². The highest BCUT2D eigenvalue weighted by Crippen LogP contribution is 2.46. The fourth-order valence-corrected chi connectivity index (χ4v) is 5.24. The molecule has 0 spiro atoms. The first kappa shape index (κ1) is 24.5. The molecule has 1 N–H and O–H groups in total. The van der Waals surface area contributed by atoms with E-state index in [0.717, 1.165) is 22.7 Å². The number of hydrogen-bond acceptors (Lipinski definition) is 7. The van der Waals surface area contributed by atoms with Crippen LogP contribution >= 0.6 is 0 Å².